The van der Waals surface area contributed by atoms with Crippen LogP contribution in [-0.4, -0.2) is 22.7 Å². The lowest BCUT2D eigenvalue weighted by molar-refractivity contribution is 0.239. The highest BCUT2D eigenvalue weighted by Crippen LogP contribution is 2.27. The summed E-state index contributed by atoms with van der Waals surface area (Å²) in [5, 5.41) is 7.79. The Morgan fingerprint density at radius 3 is 2.85 bits per heavy atom. The second kappa shape index (κ2) is 7.77. The van der Waals surface area contributed by atoms with E-state index in [1.807, 2.05) is 0 Å². The molecule has 0 saturated heterocycles. The van der Waals surface area contributed by atoms with Crippen LogP contribution in [0.2, 0.25) is 0 Å². The van der Waals surface area contributed by atoms with Crippen molar-refractivity contribution in [2.24, 2.45) is 11.8 Å². The van der Waals surface area contributed by atoms with Gasteiger partial charge < -0.3 is 9.84 Å². The number of hydrogen-bond acceptors (Lipinski definition) is 4. The molecule has 1 aliphatic carbocycles. The number of rotatable bonds is 7. The van der Waals surface area contributed by atoms with Gasteiger partial charge in [-0.05, 0) is 37.6 Å². The van der Waals surface area contributed by atoms with Crippen molar-refractivity contribution in [1.82, 2.24) is 15.5 Å². The van der Waals surface area contributed by atoms with Gasteiger partial charge in [-0.15, -0.1) is 0 Å². The number of hydrogen-bond donors (Lipinski definition) is 1. The summed E-state index contributed by atoms with van der Waals surface area (Å²) < 4.78 is 5.43. The summed E-state index contributed by atoms with van der Waals surface area (Å²) in [5.74, 6) is 2.93. The van der Waals surface area contributed by atoms with E-state index in [-0.39, 0.29) is 0 Å². The molecule has 114 valence electrons. The highest BCUT2D eigenvalue weighted by atomic mass is 16.5. The average molecular weight is 279 g/mol. The first kappa shape index (κ1) is 15.5. The summed E-state index contributed by atoms with van der Waals surface area (Å²) >= 11 is 0. The van der Waals surface area contributed by atoms with Crippen LogP contribution in [0.25, 0.3) is 0 Å². The maximum absolute atomic E-state index is 5.43. The van der Waals surface area contributed by atoms with Gasteiger partial charge in [0.2, 0.25) is 5.89 Å². The molecule has 0 amide bonds. The molecule has 4 nitrogen and oxygen atoms in total. The van der Waals surface area contributed by atoms with Crippen LogP contribution in [0.15, 0.2) is 4.52 Å². The highest BCUT2D eigenvalue weighted by Gasteiger charge is 2.26. The van der Waals surface area contributed by atoms with E-state index in [4.69, 9.17) is 4.52 Å². The predicted octanol–water partition coefficient (Wildman–Crippen LogP) is 3.37. The average Bonchev–Trinajstić information content (AvgIpc) is 2.84. The Kier molecular flexibility index (Phi) is 6.02. The lowest BCUT2D eigenvalue weighted by Gasteiger charge is -2.31. The van der Waals surface area contributed by atoms with Crippen LogP contribution in [0.5, 0.6) is 0 Å². The Hall–Kier alpha value is -0.900. The van der Waals surface area contributed by atoms with Crippen LogP contribution in [0, 0.1) is 11.8 Å². The molecule has 0 aliphatic heterocycles. The largest absolute Gasteiger partial charge is 0.339 e. The first-order valence-electron chi connectivity index (χ1n) is 8.23. The monoisotopic (exact) mass is 279 g/mol. The van der Waals surface area contributed by atoms with Gasteiger partial charge in [0.25, 0.3) is 0 Å². The molecule has 1 saturated carbocycles. The molecule has 1 aromatic rings. The summed E-state index contributed by atoms with van der Waals surface area (Å²) in [7, 11) is 0. The van der Waals surface area contributed by atoms with E-state index in [1.165, 1.54) is 32.1 Å². The fourth-order valence-corrected chi connectivity index (χ4v) is 3.10. The van der Waals surface area contributed by atoms with Crippen molar-refractivity contribution in [3.63, 3.8) is 0 Å². The third kappa shape index (κ3) is 4.58. The van der Waals surface area contributed by atoms with Crippen LogP contribution in [0.1, 0.15) is 64.6 Å². The van der Waals surface area contributed by atoms with Crippen molar-refractivity contribution >= 4 is 0 Å². The topological polar surface area (TPSA) is 51.0 Å². The molecule has 0 aromatic carbocycles. The van der Waals surface area contributed by atoms with Crippen molar-refractivity contribution < 1.29 is 4.52 Å². The molecule has 1 aliphatic rings. The van der Waals surface area contributed by atoms with Gasteiger partial charge in [0.1, 0.15) is 0 Å². The SMILES string of the molecule is CCCNC1CCCCC1Cc1nc(CC(C)C)no1. The fraction of sp³-hybridized carbons (Fsp3) is 0.875. The van der Waals surface area contributed by atoms with E-state index in [0.29, 0.717) is 17.9 Å². The smallest absolute Gasteiger partial charge is 0.226 e. The first-order chi connectivity index (χ1) is 9.69. The molecule has 0 radical (unpaired) electrons. The van der Waals surface area contributed by atoms with Crippen LogP contribution in [0.4, 0.5) is 0 Å². The van der Waals surface area contributed by atoms with Gasteiger partial charge >= 0.3 is 0 Å². The van der Waals surface area contributed by atoms with Crippen LogP contribution >= 0.6 is 0 Å². The zero-order valence-electron chi connectivity index (χ0n) is 13.2. The zero-order valence-corrected chi connectivity index (χ0v) is 13.2. The van der Waals surface area contributed by atoms with E-state index >= 15 is 0 Å². The zero-order chi connectivity index (χ0) is 14.4. The van der Waals surface area contributed by atoms with Crippen molar-refractivity contribution in [2.45, 2.75) is 71.8 Å². The number of nitrogens with zero attached hydrogens (tertiary/aromatic N) is 2. The third-order valence-electron chi connectivity index (χ3n) is 4.10. The summed E-state index contributed by atoms with van der Waals surface area (Å²) in [5.41, 5.74) is 0. The maximum Gasteiger partial charge on any atom is 0.226 e. The van der Waals surface area contributed by atoms with Gasteiger partial charge in [0.15, 0.2) is 5.82 Å². The fourth-order valence-electron chi connectivity index (χ4n) is 3.10. The van der Waals surface area contributed by atoms with Crippen LogP contribution < -0.4 is 5.32 Å². The summed E-state index contributed by atoms with van der Waals surface area (Å²) in [4.78, 5) is 4.55. The summed E-state index contributed by atoms with van der Waals surface area (Å²) in [6, 6.07) is 0.629. The van der Waals surface area contributed by atoms with Gasteiger partial charge in [0.05, 0.1) is 0 Å². The Bertz CT molecular complexity index is 389. The summed E-state index contributed by atoms with van der Waals surface area (Å²) in [6.45, 7) is 7.70. The molecule has 0 bridgehead atoms. The lowest BCUT2D eigenvalue weighted by Crippen LogP contribution is -2.39. The molecule has 2 unspecified atom stereocenters. The van der Waals surface area contributed by atoms with Crippen molar-refractivity contribution in [3.05, 3.63) is 11.7 Å². The normalized spacial score (nSPS) is 23.4. The molecule has 1 fully saturated rings. The van der Waals surface area contributed by atoms with Crippen LogP contribution in [0.3, 0.4) is 0 Å². The quantitative estimate of drug-likeness (QED) is 0.831. The standard InChI is InChI=1S/C16H29N3O/c1-4-9-17-14-8-6-5-7-13(14)11-16-18-15(19-20-16)10-12(2)3/h12-14,17H,4-11H2,1-3H3. The van der Waals surface area contributed by atoms with Crippen molar-refractivity contribution in [2.75, 3.05) is 6.54 Å². The predicted molar refractivity (Wildman–Crippen MR) is 80.6 cm³/mol. The number of nitrogens with one attached hydrogen (secondary N) is 1. The van der Waals surface area contributed by atoms with Crippen molar-refractivity contribution in [1.29, 1.82) is 0 Å². The van der Waals surface area contributed by atoms with Gasteiger partial charge in [-0.2, -0.15) is 4.98 Å². The molecule has 1 N–H and O–H groups in total. The van der Waals surface area contributed by atoms with Crippen LogP contribution in [-0.2, 0) is 12.8 Å². The van der Waals surface area contributed by atoms with Gasteiger partial charge in [0, 0.05) is 18.9 Å². The minimum Gasteiger partial charge on any atom is -0.339 e. The van der Waals surface area contributed by atoms with E-state index in [0.717, 1.165) is 31.1 Å². The lowest BCUT2D eigenvalue weighted by atomic mass is 9.82. The van der Waals surface area contributed by atoms with E-state index in [1.54, 1.807) is 0 Å². The van der Waals surface area contributed by atoms with Gasteiger partial charge in [-0.1, -0.05) is 38.8 Å². The minimum atomic E-state index is 0.578. The second-order valence-electron chi connectivity index (χ2n) is 6.51. The Labute approximate surface area is 122 Å². The van der Waals surface area contributed by atoms with E-state index in [2.05, 4.69) is 36.2 Å². The Balaban J connectivity index is 1.90. The van der Waals surface area contributed by atoms with Crippen molar-refractivity contribution in [3.8, 4) is 0 Å². The molecule has 2 rings (SSSR count). The molecular formula is C16H29N3O. The number of aromatic nitrogens is 2. The molecule has 20 heavy (non-hydrogen) atoms. The Morgan fingerprint density at radius 1 is 1.30 bits per heavy atom. The maximum atomic E-state index is 5.43. The summed E-state index contributed by atoms with van der Waals surface area (Å²) in [6.07, 6.45) is 8.30. The second-order valence-corrected chi connectivity index (χ2v) is 6.51. The van der Waals surface area contributed by atoms with E-state index in [9.17, 15) is 0 Å². The molecule has 0 spiro atoms. The third-order valence-corrected chi connectivity index (χ3v) is 4.10. The minimum absolute atomic E-state index is 0.578. The van der Waals surface area contributed by atoms with Gasteiger partial charge in [-0.25, -0.2) is 0 Å². The van der Waals surface area contributed by atoms with E-state index < -0.39 is 0 Å². The molecule has 4 heteroatoms. The highest BCUT2D eigenvalue weighted by molar-refractivity contribution is 4.92. The first-order valence-corrected chi connectivity index (χ1v) is 8.23. The molecule has 2 atom stereocenters. The molecule has 1 heterocycles. The van der Waals surface area contributed by atoms with Gasteiger partial charge in [-0.3, -0.25) is 0 Å². The molecule has 1 aromatic heterocycles. The molecular weight excluding hydrogens is 250 g/mol. The Morgan fingerprint density at radius 2 is 2.10 bits per heavy atom.